The monoisotopic (exact) mass is 278 g/mol. The van der Waals surface area contributed by atoms with Gasteiger partial charge >= 0.3 is 0 Å². The minimum absolute atomic E-state index is 0. The van der Waals surface area contributed by atoms with Crippen LogP contribution in [0.5, 0.6) is 0 Å². The molecule has 0 aliphatic carbocycles. The van der Waals surface area contributed by atoms with E-state index in [1.54, 1.807) is 0 Å². The number of carbonyl (C=O) groups excluding carboxylic acids is 1. The van der Waals surface area contributed by atoms with Crippen LogP contribution < -0.4 is 5.73 Å². The predicted molar refractivity (Wildman–Crippen MR) is 68.9 cm³/mol. The number of amides is 1. The van der Waals surface area contributed by atoms with Crippen LogP contribution >= 0.6 is 12.4 Å². The van der Waals surface area contributed by atoms with Crippen LogP contribution in [0.4, 0.5) is 8.78 Å². The highest BCUT2D eigenvalue weighted by molar-refractivity contribution is 5.85. The molecular weight excluding hydrogens is 262 g/mol. The quantitative estimate of drug-likeness (QED) is 0.898. The molecule has 1 rings (SSSR count). The molecule has 102 valence electrons. The molecule has 0 saturated heterocycles. The maximum absolute atomic E-state index is 12.1. The van der Waals surface area contributed by atoms with E-state index >= 15 is 0 Å². The van der Waals surface area contributed by atoms with Crippen molar-refractivity contribution in [2.45, 2.75) is 18.9 Å². The average Bonchev–Trinajstić information content (AvgIpc) is 2.29. The molecule has 0 aliphatic heterocycles. The van der Waals surface area contributed by atoms with E-state index in [0.717, 1.165) is 10.5 Å². The standard InChI is InChI=1S/C12H16F2N2O.ClH/c1-16(8-11(13)14)12(17)7-10(15)9-5-3-2-4-6-9;/h2-6,10-11H,7-8,15H2,1H3;1H. The van der Waals surface area contributed by atoms with Crippen molar-refractivity contribution in [3.63, 3.8) is 0 Å². The topological polar surface area (TPSA) is 46.3 Å². The first-order valence-corrected chi connectivity index (χ1v) is 5.33. The van der Waals surface area contributed by atoms with Gasteiger partial charge in [-0.25, -0.2) is 8.78 Å². The molecule has 0 saturated carbocycles. The molecule has 2 N–H and O–H groups in total. The van der Waals surface area contributed by atoms with E-state index in [2.05, 4.69) is 0 Å². The summed E-state index contributed by atoms with van der Waals surface area (Å²) < 4.78 is 24.2. The fraction of sp³-hybridized carbons (Fsp3) is 0.417. The molecule has 1 amide bonds. The molecule has 3 nitrogen and oxygen atoms in total. The van der Waals surface area contributed by atoms with Crippen molar-refractivity contribution in [1.82, 2.24) is 4.90 Å². The van der Waals surface area contributed by atoms with Crippen molar-refractivity contribution in [2.24, 2.45) is 5.73 Å². The van der Waals surface area contributed by atoms with E-state index in [0.29, 0.717) is 0 Å². The predicted octanol–water partition coefficient (Wildman–Crippen LogP) is 2.22. The molecule has 1 unspecified atom stereocenters. The molecule has 1 aromatic carbocycles. The highest BCUT2D eigenvalue weighted by atomic mass is 35.5. The molecule has 1 aromatic rings. The zero-order valence-electron chi connectivity index (χ0n) is 10.1. The molecule has 0 bridgehead atoms. The second kappa shape index (κ2) is 8.00. The Balaban J connectivity index is 0.00000289. The van der Waals surface area contributed by atoms with Gasteiger partial charge in [0.1, 0.15) is 0 Å². The Hall–Kier alpha value is -1.20. The van der Waals surface area contributed by atoms with Gasteiger partial charge in [-0.2, -0.15) is 0 Å². The van der Waals surface area contributed by atoms with Gasteiger partial charge in [0.15, 0.2) is 0 Å². The van der Waals surface area contributed by atoms with Gasteiger partial charge in [0.05, 0.1) is 6.54 Å². The number of hydrogen-bond donors (Lipinski definition) is 1. The van der Waals surface area contributed by atoms with Gasteiger partial charge in [0.25, 0.3) is 6.43 Å². The summed E-state index contributed by atoms with van der Waals surface area (Å²) in [7, 11) is 1.35. The lowest BCUT2D eigenvalue weighted by molar-refractivity contribution is -0.132. The summed E-state index contributed by atoms with van der Waals surface area (Å²) in [5, 5.41) is 0. The lowest BCUT2D eigenvalue weighted by Crippen LogP contribution is -2.33. The molecule has 0 fully saturated rings. The molecule has 0 aliphatic rings. The number of nitrogens with zero attached hydrogens (tertiary/aromatic N) is 1. The van der Waals surface area contributed by atoms with Crippen molar-refractivity contribution in [3.05, 3.63) is 35.9 Å². The number of rotatable bonds is 5. The molecule has 1 atom stereocenters. The summed E-state index contributed by atoms with van der Waals surface area (Å²) in [5.41, 5.74) is 6.65. The maximum Gasteiger partial charge on any atom is 0.255 e. The second-order valence-corrected chi connectivity index (χ2v) is 3.89. The first-order valence-electron chi connectivity index (χ1n) is 5.33. The van der Waals surface area contributed by atoms with E-state index in [4.69, 9.17) is 5.73 Å². The fourth-order valence-corrected chi connectivity index (χ4v) is 1.47. The van der Waals surface area contributed by atoms with Crippen molar-refractivity contribution in [3.8, 4) is 0 Å². The van der Waals surface area contributed by atoms with Gasteiger partial charge in [-0.05, 0) is 5.56 Å². The molecule has 0 aromatic heterocycles. The summed E-state index contributed by atoms with van der Waals surface area (Å²) >= 11 is 0. The first kappa shape index (κ1) is 16.8. The Bertz CT molecular complexity index is 362. The normalized spacial score (nSPS) is 11.8. The average molecular weight is 279 g/mol. The van der Waals surface area contributed by atoms with Gasteiger partial charge < -0.3 is 10.6 Å². The van der Waals surface area contributed by atoms with E-state index in [1.165, 1.54) is 7.05 Å². The van der Waals surface area contributed by atoms with Crippen LogP contribution in [0.25, 0.3) is 0 Å². The van der Waals surface area contributed by atoms with Crippen molar-refractivity contribution in [1.29, 1.82) is 0 Å². The van der Waals surface area contributed by atoms with E-state index < -0.39 is 19.0 Å². The Kier molecular flexibility index (Phi) is 7.47. The fourth-order valence-electron chi connectivity index (χ4n) is 1.47. The molecular formula is C12H17ClF2N2O. The molecule has 0 radical (unpaired) electrons. The van der Waals surface area contributed by atoms with Crippen LogP contribution in [0.15, 0.2) is 30.3 Å². The number of carbonyl (C=O) groups is 1. The third-order valence-corrected chi connectivity index (χ3v) is 2.46. The molecule has 0 spiro atoms. The number of alkyl halides is 2. The van der Waals surface area contributed by atoms with E-state index in [-0.39, 0.29) is 24.7 Å². The summed E-state index contributed by atoms with van der Waals surface area (Å²) in [6, 6.07) is 8.66. The lowest BCUT2D eigenvalue weighted by Gasteiger charge is -2.19. The van der Waals surface area contributed by atoms with Gasteiger partial charge in [-0.1, -0.05) is 30.3 Å². The maximum atomic E-state index is 12.1. The number of nitrogens with two attached hydrogens (primary N) is 1. The van der Waals surface area contributed by atoms with Crippen LogP contribution in [0, 0.1) is 0 Å². The second-order valence-electron chi connectivity index (χ2n) is 3.89. The minimum Gasteiger partial charge on any atom is -0.340 e. The van der Waals surface area contributed by atoms with Crippen LogP contribution in [-0.2, 0) is 4.79 Å². The van der Waals surface area contributed by atoms with Crippen molar-refractivity contribution in [2.75, 3.05) is 13.6 Å². The third kappa shape index (κ3) is 5.42. The zero-order chi connectivity index (χ0) is 12.8. The third-order valence-electron chi connectivity index (χ3n) is 2.46. The molecule has 6 heteroatoms. The molecule has 0 heterocycles. The molecule has 18 heavy (non-hydrogen) atoms. The van der Waals surface area contributed by atoms with E-state index in [1.807, 2.05) is 30.3 Å². The van der Waals surface area contributed by atoms with Crippen molar-refractivity contribution >= 4 is 18.3 Å². The first-order chi connectivity index (χ1) is 8.00. The zero-order valence-corrected chi connectivity index (χ0v) is 10.9. The van der Waals surface area contributed by atoms with Gasteiger partial charge in [-0.15, -0.1) is 12.4 Å². The number of hydrogen-bond acceptors (Lipinski definition) is 2. The lowest BCUT2D eigenvalue weighted by atomic mass is 10.0. The Labute approximate surface area is 111 Å². The number of benzene rings is 1. The summed E-state index contributed by atoms with van der Waals surface area (Å²) in [6.07, 6.45) is -2.48. The number of halogens is 3. The van der Waals surface area contributed by atoms with Crippen LogP contribution in [0.1, 0.15) is 18.0 Å². The Morgan fingerprint density at radius 2 is 1.89 bits per heavy atom. The van der Waals surface area contributed by atoms with Gasteiger partial charge in [0, 0.05) is 19.5 Å². The van der Waals surface area contributed by atoms with Crippen LogP contribution in [0.2, 0.25) is 0 Å². The summed E-state index contributed by atoms with van der Waals surface area (Å²) in [4.78, 5) is 12.6. The van der Waals surface area contributed by atoms with Gasteiger partial charge in [-0.3, -0.25) is 4.79 Å². The van der Waals surface area contributed by atoms with Crippen molar-refractivity contribution < 1.29 is 13.6 Å². The Morgan fingerprint density at radius 1 is 1.33 bits per heavy atom. The highest BCUT2D eigenvalue weighted by Gasteiger charge is 2.17. The van der Waals surface area contributed by atoms with E-state index in [9.17, 15) is 13.6 Å². The SMILES string of the molecule is CN(CC(F)F)C(=O)CC(N)c1ccccc1.Cl. The van der Waals surface area contributed by atoms with Gasteiger partial charge in [0.2, 0.25) is 5.91 Å². The summed E-state index contributed by atoms with van der Waals surface area (Å²) in [6.45, 7) is -0.555. The smallest absolute Gasteiger partial charge is 0.255 e. The van der Waals surface area contributed by atoms with Crippen LogP contribution in [-0.4, -0.2) is 30.8 Å². The highest BCUT2D eigenvalue weighted by Crippen LogP contribution is 2.14. The summed E-state index contributed by atoms with van der Waals surface area (Å²) in [5.74, 6) is -0.373. The minimum atomic E-state index is -2.52. The Morgan fingerprint density at radius 3 is 2.39 bits per heavy atom. The largest absolute Gasteiger partial charge is 0.340 e. The van der Waals surface area contributed by atoms with Crippen LogP contribution in [0.3, 0.4) is 0 Å².